The van der Waals surface area contributed by atoms with Crippen molar-refractivity contribution in [2.45, 2.75) is 5.03 Å². The molecular formula is C13H10BrFN2O4S. The van der Waals surface area contributed by atoms with Crippen molar-refractivity contribution in [2.24, 2.45) is 0 Å². The van der Waals surface area contributed by atoms with Crippen molar-refractivity contribution >= 4 is 37.6 Å². The Bertz CT molecular complexity index is 809. The second kappa shape index (κ2) is 6.41. The molecule has 0 fully saturated rings. The van der Waals surface area contributed by atoms with E-state index in [1.165, 1.54) is 24.4 Å². The van der Waals surface area contributed by atoms with Gasteiger partial charge in [-0.25, -0.2) is 14.2 Å². The molecule has 2 rings (SSSR count). The van der Waals surface area contributed by atoms with E-state index in [2.05, 4.69) is 30.4 Å². The number of halogens is 2. The first-order chi connectivity index (χ1) is 10.3. The second-order valence-electron chi connectivity index (χ2n) is 4.11. The molecule has 0 radical (unpaired) electrons. The topological polar surface area (TPSA) is 85.4 Å². The van der Waals surface area contributed by atoms with Crippen LogP contribution in [0.25, 0.3) is 0 Å². The predicted molar refractivity (Wildman–Crippen MR) is 80.5 cm³/mol. The van der Waals surface area contributed by atoms with Crippen molar-refractivity contribution in [3.8, 4) is 0 Å². The van der Waals surface area contributed by atoms with Crippen LogP contribution in [-0.2, 0) is 14.8 Å². The van der Waals surface area contributed by atoms with Crippen molar-refractivity contribution in [3.05, 3.63) is 52.4 Å². The first-order valence-electron chi connectivity index (χ1n) is 5.86. The molecule has 0 aliphatic carbocycles. The Labute approximate surface area is 134 Å². The third kappa shape index (κ3) is 3.60. The van der Waals surface area contributed by atoms with Gasteiger partial charge in [0.2, 0.25) is 0 Å². The van der Waals surface area contributed by atoms with E-state index >= 15 is 0 Å². The largest absolute Gasteiger partial charge is 0.465 e. The highest BCUT2D eigenvalue weighted by molar-refractivity contribution is 9.10. The summed E-state index contributed by atoms with van der Waals surface area (Å²) in [5.41, 5.74) is -0.318. The highest BCUT2D eigenvalue weighted by atomic mass is 79.9. The number of carbonyl (C=O) groups excluding carboxylic acids is 1. The summed E-state index contributed by atoms with van der Waals surface area (Å²) in [5, 5.41) is -0.215. The number of aromatic nitrogens is 1. The average Bonchev–Trinajstić information content (AvgIpc) is 2.46. The predicted octanol–water partition coefficient (Wildman–Crippen LogP) is 2.57. The van der Waals surface area contributed by atoms with Crippen LogP contribution < -0.4 is 4.72 Å². The lowest BCUT2D eigenvalue weighted by atomic mass is 10.2. The van der Waals surface area contributed by atoms with Crippen molar-refractivity contribution in [1.29, 1.82) is 0 Å². The molecule has 22 heavy (non-hydrogen) atoms. The first-order valence-corrected chi connectivity index (χ1v) is 8.13. The fraction of sp³-hybridized carbons (Fsp3) is 0.0769. The highest BCUT2D eigenvalue weighted by Gasteiger charge is 2.18. The summed E-state index contributed by atoms with van der Waals surface area (Å²) >= 11 is 3.15. The van der Waals surface area contributed by atoms with Crippen LogP contribution in [0.5, 0.6) is 0 Å². The maximum Gasteiger partial charge on any atom is 0.340 e. The Balaban J connectivity index is 2.28. The zero-order valence-electron chi connectivity index (χ0n) is 11.2. The molecule has 0 saturated carbocycles. The summed E-state index contributed by atoms with van der Waals surface area (Å²) in [6.45, 7) is 0. The zero-order valence-corrected chi connectivity index (χ0v) is 13.6. The van der Waals surface area contributed by atoms with E-state index in [1.807, 2.05) is 0 Å². The van der Waals surface area contributed by atoms with E-state index in [-0.39, 0.29) is 16.3 Å². The molecule has 6 nitrogen and oxygen atoms in total. The van der Waals surface area contributed by atoms with Crippen LogP contribution >= 0.6 is 15.9 Å². The number of rotatable bonds is 4. The minimum absolute atomic E-state index is 0.0325. The lowest BCUT2D eigenvalue weighted by Gasteiger charge is -2.08. The molecule has 0 unspecified atom stereocenters. The number of esters is 1. The Morgan fingerprint density at radius 3 is 2.59 bits per heavy atom. The molecule has 0 aliphatic rings. The Kier molecular flexibility index (Phi) is 4.77. The van der Waals surface area contributed by atoms with Gasteiger partial charge in [-0.1, -0.05) is 0 Å². The van der Waals surface area contributed by atoms with E-state index in [4.69, 9.17) is 0 Å². The van der Waals surface area contributed by atoms with Crippen LogP contribution in [0, 0.1) is 5.82 Å². The van der Waals surface area contributed by atoms with Gasteiger partial charge in [-0.3, -0.25) is 4.72 Å². The van der Waals surface area contributed by atoms with Gasteiger partial charge in [0.1, 0.15) is 5.82 Å². The van der Waals surface area contributed by atoms with E-state index in [1.54, 1.807) is 0 Å². The maximum atomic E-state index is 13.8. The molecule has 2 aromatic rings. The fourth-order valence-electron chi connectivity index (χ4n) is 1.58. The minimum Gasteiger partial charge on any atom is -0.465 e. The third-order valence-electron chi connectivity index (χ3n) is 2.60. The number of pyridine rings is 1. The Hall–Kier alpha value is -2.00. The van der Waals surface area contributed by atoms with E-state index < -0.39 is 21.8 Å². The molecule has 0 amide bonds. The number of sulfonamides is 1. The van der Waals surface area contributed by atoms with Gasteiger partial charge >= 0.3 is 5.97 Å². The molecule has 0 atom stereocenters. The van der Waals surface area contributed by atoms with Gasteiger partial charge in [0.25, 0.3) is 10.0 Å². The summed E-state index contributed by atoms with van der Waals surface area (Å²) < 4.78 is 45.2. The molecule has 0 aliphatic heterocycles. The minimum atomic E-state index is -3.95. The average molecular weight is 389 g/mol. The lowest BCUT2D eigenvalue weighted by molar-refractivity contribution is 0.0595. The molecule has 1 aromatic heterocycles. The van der Waals surface area contributed by atoms with Crippen LogP contribution in [-0.4, -0.2) is 26.5 Å². The zero-order chi connectivity index (χ0) is 16.3. The van der Waals surface area contributed by atoms with Gasteiger partial charge in [-0.05, 0) is 46.3 Å². The van der Waals surface area contributed by atoms with Crippen molar-refractivity contribution in [3.63, 3.8) is 0 Å². The van der Waals surface area contributed by atoms with Crippen LogP contribution in [0.4, 0.5) is 10.1 Å². The Morgan fingerprint density at radius 2 is 2.05 bits per heavy atom. The van der Waals surface area contributed by atoms with E-state index in [9.17, 15) is 17.6 Å². The van der Waals surface area contributed by atoms with Crippen LogP contribution in [0.2, 0.25) is 0 Å². The number of hydrogen-bond donors (Lipinski definition) is 1. The van der Waals surface area contributed by atoms with Crippen LogP contribution in [0.1, 0.15) is 10.4 Å². The number of carbonyl (C=O) groups is 1. The highest BCUT2D eigenvalue weighted by Crippen LogP contribution is 2.19. The SMILES string of the molecule is COC(=O)c1ccc(NS(=O)(=O)c2ccc(Br)cn2)cc1F. The smallest absolute Gasteiger partial charge is 0.340 e. The van der Waals surface area contributed by atoms with Crippen molar-refractivity contribution in [2.75, 3.05) is 11.8 Å². The molecule has 1 aromatic carbocycles. The fourth-order valence-corrected chi connectivity index (χ4v) is 2.80. The number of nitrogens with zero attached hydrogens (tertiary/aromatic N) is 1. The van der Waals surface area contributed by atoms with Crippen molar-refractivity contribution < 1.29 is 22.3 Å². The maximum absolute atomic E-state index is 13.8. The molecule has 1 heterocycles. The number of nitrogens with one attached hydrogen (secondary N) is 1. The monoisotopic (exact) mass is 388 g/mol. The third-order valence-corrected chi connectivity index (χ3v) is 4.37. The summed E-state index contributed by atoms with van der Waals surface area (Å²) in [5.74, 6) is -1.74. The Morgan fingerprint density at radius 1 is 1.32 bits per heavy atom. The standard InChI is InChI=1S/C13H10BrFN2O4S/c1-21-13(18)10-4-3-9(6-11(10)15)17-22(19,20)12-5-2-8(14)7-16-12/h2-7,17H,1H3. The number of anilines is 1. The summed E-state index contributed by atoms with van der Waals surface area (Å²) in [4.78, 5) is 15.0. The molecule has 1 N–H and O–H groups in total. The van der Waals surface area contributed by atoms with E-state index in [0.717, 1.165) is 19.2 Å². The summed E-state index contributed by atoms with van der Waals surface area (Å²) in [6.07, 6.45) is 1.33. The molecule has 9 heteroatoms. The first kappa shape index (κ1) is 16.4. The van der Waals surface area contributed by atoms with Crippen molar-refractivity contribution in [1.82, 2.24) is 4.98 Å². The van der Waals surface area contributed by atoms with Crippen LogP contribution in [0.15, 0.2) is 46.0 Å². The van der Waals surface area contributed by atoms with Gasteiger partial charge in [-0.15, -0.1) is 0 Å². The number of hydrogen-bond acceptors (Lipinski definition) is 5. The summed E-state index contributed by atoms with van der Waals surface area (Å²) in [6, 6.07) is 6.09. The molecule has 0 spiro atoms. The molecule has 0 saturated heterocycles. The number of benzene rings is 1. The molecule has 0 bridgehead atoms. The summed E-state index contributed by atoms with van der Waals surface area (Å²) in [7, 11) is -2.83. The van der Waals surface area contributed by atoms with Gasteiger partial charge in [0.05, 0.1) is 18.4 Å². The van der Waals surface area contributed by atoms with Gasteiger partial charge in [-0.2, -0.15) is 8.42 Å². The molecule has 116 valence electrons. The number of methoxy groups -OCH3 is 1. The normalized spacial score (nSPS) is 11.0. The van der Waals surface area contributed by atoms with Gasteiger partial charge in [0.15, 0.2) is 5.03 Å². The van der Waals surface area contributed by atoms with Gasteiger partial charge in [0, 0.05) is 10.7 Å². The second-order valence-corrected chi connectivity index (χ2v) is 6.65. The quantitative estimate of drug-likeness (QED) is 0.813. The van der Waals surface area contributed by atoms with Crippen LogP contribution in [0.3, 0.4) is 0 Å². The number of ether oxygens (including phenoxy) is 1. The lowest BCUT2D eigenvalue weighted by Crippen LogP contribution is -2.15. The van der Waals surface area contributed by atoms with E-state index in [0.29, 0.717) is 4.47 Å². The molecular weight excluding hydrogens is 379 g/mol. The van der Waals surface area contributed by atoms with Gasteiger partial charge < -0.3 is 4.74 Å².